The zero-order valence-electron chi connectivity index (χ0n) is 13.9. The summed E-state index contributed by atoms with van der Waals surface area (Å²) in [5.74, 6) is -0.340. The molecule has 2 unspecified atom stereocenters. The predicted octanol–water partition coefficient (Wildman–Crippen LogP) is 0.504. The number of hydrogen-bond donors (Lipinski definition) is 2. The van der Waals surface area contributed by atoms with E-state index >= 15 is 0 Å². The molecule has 0 saturated heterocycles. The number of carbonyl (C=O) groups is 2. The monoisotopic (exact) mass is 299 g/mol. The Labute approximate surface area is 127 Å². The van der Waals surface area contributed by atoms with Crippen LogP contribution in [-0.4, -0.2) is 55.1 Å². The Bertz CT molecular complexity index is 398. The van der Waals surface area contributed by atoms with Gasteiger partial charge in [0, 0.05) is 32.0 Å². The maximum absolute atomic E-state index is 12.8. The summed E-state index contributed by atoms with van der Waals surface area (Å²) in [6, 6.07) is 0. The Kier molecular flexibility index (Phi) is 5.75. The van der Waals surface area contributed by atoms with Gasteiger partial charge in [0.2, 0.25) is 11.8 Å². The first kappa shape index (κ1) is 17.9. The van der Waals surface area contributed by atoms with Crippen LogP contribution in [0.5, 0.6) is 0 Å². The summed E-state index contributed by atoms with van der Waals surface area (Å²) in [5.41, 5.74) is 4.99. The lowest BCUT2D eigenvalue weighted by Crippen LogP contribution is -2.76. The molecule has 122 valence electrons. The number of nitrogens with one attached hydrogen (secondary N) is 1. The number of carbonyl (C=O) groups excluding carboxylic acids is 2. The lowest BCUT2D eigenvalue weighted by Gasteiger charge is -2.58. The molecule has 0 bridgehead atoms. The standard InChI is InChI=1S/C15H29N3O3/c1-6-8-18(10-12(19)17-5)13(20)15(16)9-11(21-7-2)14(15,3)4/h11H,6-10,16H2,1-5H3,(H,17,19). The second kappa shape index (κ2) is 6.75. The summed E-state index contributed by atoms with van der Waals surface area (Å²) >= 11 is 0. The fourth-order valence-electron chi connectivity index (χ4n) is 2.86. The number of amides is 2. The van der Waals surface area contributed by atoms with E-state index in [1.54, 1.807) is 11.9 Å². The Morgan fingerprint density at radius 1 is 1.38 bits per heavy atom. The number of nitrogens with zero attached hydrogens (tertiary/aromatic N) is 1. The van der Waals surface area contributed by atoms with Crippen molar-refractivity contribution in [2.75, 3.05) is 26.7 Å². The molecule has 0 radical (unpaired) electrons. The van der Waals surface area contributed by atoms with Crippen LogP contribution < -0.4 is 11.1 Å². The van der Waals surface area contributed by atoms with E-state index in [1.807, 2.05) is 27.7 Å². The summed E-state index contributed by atoms with van der Waals surface area (Å²) in [6.45, 7) is 9.01. The zero-order valence-corrected chi connectivity index (χ0v) is 13.9. The van der Waals surface area contributed by atoms with Gasteiger partial charge in [-0.05, 0) is 13.3 Å². The van der Waals surface area contributed by atoms with E-state index in [-0.39, 0.29) is 24.5 Å². The molecule has 0 aromatic carbocycles. The summed E-state index contributed by atoms with van der Waals surface area (Å²) < 4.78 is 5.65. The van der Waals surface area contributed by atoms with Crippen molar-refractivity contribution in [3.8, 4) is 0 Å². The van der Waals surface area contributed by atoms with Gasteiger partial charge in [-0.3, -0.25) is 9.59 Å². The van der Waals surface area contributed by atoms with E-state index in [2.05, 4.69) is 5.32 Å². The van der Waals surface area contributed by atoms with Gasteiger partial charge in [0.25, 0.3) is 0 Å². The minimum Gasteiger partial charge on any atom is -0.378 e. The van der Waals surface area contributed by atoms with Crippen molar-refractivity contribution in [2.24, 2.45) is 11.1 Å². The van der Waals surface area contributed by atoms with Gasteiger partial charge in [0.05, 0.1) is 12.6 Å². The first-order valence-electron chi connectivity index (χ1n) is 7.65. The van der Waals surface area contributed by atoms with Gasteiger partial charge in [-0.25, -0.2) is 0 Å². The van der Waals surface area contributed by atoms with Gasteiger partial charge in [-0.15, -0.1) is 0 Å². The van der Waals surface area contributed by atoms with Crippen LogP contribution in [-0.2, 0) is 14.3 Å². The molecule has 6 heteroatoms. The Balaban J connectivity index is 2.86. The maximum Gasteiger partial charge on any atom is 0.243 e. The third kappa shape index (κ3) is 3.21. The van der Waals surface area contributed by atoms with Crippen LogP contribution in [0.25, 0.3) is 0 Å². The molecule has 3 N–H and O–H groups in total. The molecule has 0 aromatic heterocycles. The van der Waals surface area contributed by atoms with Crippen LogP contribution in [0.3, 0.4) is 0 Å². The lowest BCUT2D eigenvalue weighted by atomic mass is 9.54. The summed E-state index contributed by atoms with van der Waals surface area (Å²) in [4.78, 5) is 26.0. The van der Waals surface area contributed by atoms with Crippen molar-refractivity contribution < 1.29 is 14.3 Å². The molecule has 1 rings (SSSR count). The van der Waals surface area contributed by atoms with Crippen molar-refractivity contribution >= 4 is 11.8 Å². The number of hydrogen-bond acceptors (Lipinski definition) is 4. The molecule has 0 spiro atoms. The van der Waals surface area contributed by atoms with Gasteiger partial charge < -0.3 is 20.7 Å². The van der Waals surface area contributed by atoms with Crippen molar-refractivity contribution in [1.29, 1.82) is 0 Å². The molecule has 1 aliphatic rings. The second-order valence-corrected chi connectivity index (χ2v) is 6.24. The van der Waals surface area contributed by atoms with Crippen LogP contribution in [0, 0.1) is 5.41 Å². The first-order valence-corrected chi connectivity index (χ1v) is 7.65. The van der Waals surface area contributed by atoms with Crippen LogP contribution in [0.1, 0.15) is 40.5 Å². The van der Waals surface area contributed by atoms with Crippen LogP contribution in [0.2, 0.25) is 0 Å². The molecular weight excluding hydrogens is 270 g/mol. The molecule has 1 fully saturated rings. The maximum atomic E-state index is 12.8. The number of likely N-dealkylation sites (N-methyl/N-ethyl adjacent to an activating group) is 1. The molecule has 0 aliphatic heterocycles. The molecule has 1 aliphatic carbocycles. The largest absolute Gasteiger partial charge is 0.378 e. The second-order valence-electron chi connectivity index (χ2n) is 6.24. The number of ether oxygens (including phenoxy) is 1. The zero-order chi connectivity index (χ0) is 16.3. The Hall–Kier alpha value is -1.14. The van der Waals surface area contributed by atoms with Crippen LogP contribution >= 0.6 is 0 Å². The molecule has 6 nitrogen and oxygen atoms in total. The highest BCUT2D eigenvalue weighted by molar-refractivity contribution is 5.92. The minimum atomic E-state index is -0.962. The average Bonchev–Trinajstić information content (AvgIpc) is 2.45. The van der Waals surface area contributed by atoms with E-state index in [9.17, 15) is 9.59 Å². The van der Waals surface area contributed by atoms with Crippen molar-refractivity contribution in [2.45, 2.75) is 52.2 Å². The highest BCUT2D eigenvalue weighted by Gasteiger charge is 2.63. The Morgan fingerprint density at radius 3 is 2.43 bits per heavy atom. The third-order valence-electron chi connectivity index (χ3n) is 4.61. The van der Waals surface area contributed by atoms with E-state index in [0.29, 0.717) is 19.6 Å². The van der Waals surface area contributed by atoms with Gasteiger partial charge in [-0.1, -0.05) is 20.8 Å². The molecule has 21 heavy (non-hydrogen) atoms. The highest BCUT2D eigenvalue weighted by atomic mass is 16.5. The molecular formula is C15H29N3O3. The predicted molar refractivity (Wildman–Crippen MR) is 81.7 cm³/mol. The summed E-state index contributed by atoms with van der Waals surface area (Å²) in [5, 5.41) is 2.55. The van der Waals surface area contributed by atoms with Crippen LogP contribution in [0.15, 0.2) is 0 Å². The van der Waals surface area contributed by atoms with Gasteiger partial charge in [0.1, 0.15) is 5.54 Å². The van der Waals surface area contributed by atoms with Crippen molar-refractivity contribution in [1.82, 2.24) is 10.2 Å². The SMILES string of the molecule is CCCN(CC(=O)NC)C(=O)C1(N)CC(OCC)C1(C)C. The lowest BCUT2D eigenvalue weighted by molar-refractivity contribution is -0.179. The number of rotatable bonds is 7. The third-order valence-corrected chi connectivity index (χ3v) is 4.61. The normalized spacial score (nSPS) is 26.9. The van der Waals surface area contributed by atoms with Crippen molar-refractivity contribution in [3.63, 3.8) is 0 Å². The summed E-state index contributed by atoms with van der Waals surface area (Å²) in [6.07, 6.45) is 1.27. The first-order chi connectivity index (χ1) is 9.74. The Morgan fingerprint density at radius 2 is 2.00 bits per heavy atom. The highest BCUT2D eigenvalue weighted by Crippen LogP contribution is 2.50. The molecule has 0 aromatic rings. The van der Waals surface area contributed by atoms with E-state index in [0.717, 1.165) is 6.42 Å². The van der Waals surface area contributed by atoms with Crippen LogP contribution in [0.4, 0.5) is 0 Å². The minimum absolute atomic E-state index is 0.0140. The van der Waals surface area contributed by atoms with E-state index in [1.165, 1.54) is 0 Å². The smallest absolute Gasteiger partial charge is 0.243 e. The molecule has 2 atom stereocenters. The quantitative estimate of drug-likeness (QED) is 0.717. The van der Waals surface area contributed by atoms with E-state index < -0.39 is 11.0 Å². The fourth-order valence-corrected chi connectivity index (χ4v) is 2.86. The fraction of sp³-hybridized carbons (Fsp3) is 0.867. The molecule has 1 saturated carbocycles. The van der Waals surface area contributed by atoms with Crippen molar-refractivity contribution in [3.05, 3.63) is 0 Å². The van der Waals surface area contributed by atoms with Gasteiger partial charge >= 0.3 is 0 Å². The van der Waals surface area contributed by atoms with E-state index in [4.69, 9.17) is 10.5 Å². The van der Waals surface area contributed by atoms with Gasteiger partial charge in [0.15, 0.2) is 0 Å². The number of nitrogens with two attached hydrogens (primary N) is 1. The topological polar surface area (TPSA) is 84.7 Å². The molecule has 2 amide bonds. The van der Waals surface area contributed by atoms with Gasteiger partial charge in [-0.2, -0.15) is 0 Å². The average molecular weight is 299 g/mol. The molecule has 0 heterocycles. The summed E-state index contributed by atoms with van der Waals surface area (Å²) in [7, 11) is 1.56.